The van der Waals surface area contributed by atoms with Crippen LogP contribution < -0.4 is 0 Å². The summed E-state index contributed by atoms with van der Waals surface area (Å²) in [6.07, 6.45) is 16.3. The van der Waals surface area contributed by atoms with E-state index in [0.29, 0.717) is 0 Å². The lowest BCUT2D eigenvalue weighted by Gasteiger charge is -2.16. The predicted molar refractivity (Wildman–Crippen MR) is 155 cm³/mol. The highest BCUT2D eigenvalue weighted by Gasteiger charge is 2.24. The summed E-state index contributed by atoms with van der Waals surface area (Å²) in [5, 5.41) is 2.54. The largest absolute Gasteiger partial charge is 0.311 e. The van der Waals surface area contributed by atoms with E-state index in [1.165, 1.54) is 61.1 Å². The molecule has 0 aliphatic heterocycles. The summed E-state index contributed by atoms with van der Waals surface area (Å²) in [5.74, 6) is 0. The third kappa shape index (κ3) is 2.98. The lowest BCUT2D eigenvalue weighted by molar-refractivity contribution is 0.956. The van der Waals surface area contributed by atoms with Crippen LogP contribution in [0, 0.1) is 0 Å². The Labute approximate surface area is 215 Å². The number of rotatable bonds is 3. The molecule has 0 fully saturated rings. The van der Waals surface area contributed by atoms with Crippen LogP contribution >= 0.6 is 0 Å². The van der Waals surface area contributed by atoms with Gasteiger partial charge in [0, 0.05) is 39.5 Å². The number of hydrogen-bond donors (Lipinski definition) is 0. The van der Waals surface area contributed by atoms with Crippen molar-refractivity contribution in [3.63, 3.8) is 0 Å². The van der Waals surface area contributed by atoms with E-state index in [2.05, 4.69) is 118 Å². The number of nitrogens with zero attached hydrogens (tertiary/aromatic N) is 3. The number of fused-ring (bicyclic) bond motifs is 6. The summed E-state index contributed by atoms with van der Waals surface area (Å²) in [4.78, 5) is 4.90. The maximum Gasteiger partial charge on any atom is 0.0932 e. The van der Waals surface area contributed by atoms with Crippen LogP contribution in [0.3, 0.4) is 0 Å². The molecule has 176 valence electrons. The minimum atomic E-state index is 0.946. The summed E-state index contributed by atoms with van der Waals surface area (Å²) in [7, 11) is 0. The SMILES string of the molecule is C1=CCCC(n2c3c(c4nccc(-c5ccc6c(c5)c5ccccc5n6-c5ccccc5)c42)CC=C3)=C1. The number of allylic oxidation sites excluding steroid dienone is 5. The molecule has 0 amide bonds. The van der Waals surface area contributed by atoms with Crippen molar-refractivity contribution in [3.8, 4) is 16.8 Å². The van der Waals surface area contributed by atoms with E-state index in [0.717, 1.165) is 24.8 Å². The molecular formula is C34H25N3. The Kier molecular flexibility index (Phi) is 4.41. The molecule has 3 heterocycles. The smallest absolute Gasteiger partial charge is 0.0932 e. The second kappa shape index (κ2) is 7.94. The fourth-order valence-corrected chi connectivity index (χ4v) is 6.25. The molecule has 37 heavy (non-hydrogen) atoms. The summed E-state index contributed by atoms with van der Waals surface area (Å²) >= 11 is 0. The average Bonchev–Trinajstić information content (AvgIpc) is 3.65. The molecule has 0 atom stereocenters. The summed E-state index contributed by atoms with van der Waals surface area (Å²) in [6.45, 7) is 0. The van der Waals surface area contributed by atoms with Gasteiger partial charge in [0.1, 0.15) is 0 Å². The van der Waals surface area contributed by atoms with Gasteiger partial charge in [-0.25, -0.2) is 0 Å². The molecule has 0 unspecified atom stereocenters. The molecule has 8 rings (SSSR count). The van der Waals surface area contributed by atoms with Crippen molar-refractivity contribution in [1.29, 1.82) is 0 Å². The van der Waals surface area contributed by atoms with Crippen LogP contribution in [0.2, 0.25) is 0 Å². The van der Waals surface area contributed by atoms with Crippen molar-refractivity contribution in [2.75, 3.05) is 0 Å². The van der Waals surface area contributed by atoms with Gasteiger partial charge in [0.15, 0.2) is 0 Å². The Morgan fingerprint density at radius 3 is 2.51 bits per heavy atom. The van der Waals surface area contributed by atoms with Gasteiger partial charge in [-0.2, -0.15) is 0 Å². The van der Waals surface area contributed by atoms with Gasteiger partial charge < -0.3 is 9.13 Å². The molecule has 2 aliphatic rings. The molecule has 2 aliphatic carbocycles. The van der Waals surface area contributed by atoms with Crippen LogP contribution in [0.5, 0.6) is 0 Å². The lowest BCUT2D eigenvalue weighted by Crippen LogP contribution is -2.02. The van der Waals surface area contributed by atoms with E-state index in [4.69, 9.17) is 4.98 Å². The van der Waals surface area contributed by atoms with Crippen molar-refractivity contribution in [3.05, 3.63) is 121 Å². The zero-order chi connectivity index (χ0) is 24.3. The molecule has 0 radical (unpaired) electrons. The van der Waals surface area contributed by atoms with Gasteiger partial charge in [0.2, 0.25) is 0 Å². The van der Waals surface area contributed by atoms with E-state index in [1.54, 1.807) is 0 Å². The van der Waals surface area contributed by atoms with Crippen LogP contribution in [0.4, 0.5) is 0 Å². The summed E-state index contributed by atoms with van der Waals surface area (Å²) in [5.41, 5.74) is 12.4. The monoisotopic (exact) mass is 475 g/mol. The van der Waals surface area contributed by atoms with Gasteiger partial charge in [-0.1, -0.05) is 60.7 Å². The zero-order valence-electron chi connectivity index (χ0n) is 20.4. The molecule has 0 bridgehead atoms. The van der Waals surface area contributed by atoms with Crippen molar-refractivity contribution >= 4 is 44.6 Å². The Morgan fingerprint density at radius 2 is 1.62 bits per heavy atom. The maximum atomic E-state index is 4.90. The van der Waals surface area contributed by atoms with E-state index in [1.807, 2.05) is 6.20 Å². The molecule has 6 aromatic rings. The van der Waals surface area contributed by atoms with Gasteiger partial charge in [0.25, 0.3) is 0 Å². The number of para-hydroxylation sites is 2. The Bertz CT molecular complexity index is 1940. The molecule has 0 saturated carbocycles. The number of pyridine rings is 1. The first-order chi connectivity index (χ1) is 18.4. The predicted octanol–water partition coefficient (Wildman–Crippen LogP) is 8.56. The first-order valence-electron chi connectivity index (χ1n) is 13.0. The van der Waals surface area contributed by atoms with Gasteiger partial charge in [-0.05, 0) is 73.4 Å². The topological polar surface area (TPSA) is 22.8 Å². The molecule has 3 aromatic heterocycles. The Morgan fingerprint density at radius 1 is 0.757 bits per heavy atom. The molecule has 3 nitrogen and oxygen atoms in total. The molecule has 0 spiro atoms. The number of benzene rings is 3. The highest BCUT2D eigenvalue weighted by molar-refractivity contribution is 6.11. The van der Waals surface area contributed by atoms with E-state index in [9.17, 15) is 0 Å². The first kappa shape index (κ1) is 20.6. The number of hydrogen-bond acceptors (Lipinski definition) is 1. The van der Waals surface area contributed by atoms with Crippen molar-refractivity contribution in [2.45, 2.75) is 19.3 Å². The summed E-state index contributed by atoms with van der Waals surface area (Å²) in [6, 6.07) is 28.5. The van der Waals surface area contributed by atoms with Gasteiger partial charge in [-0.3, -0.25) is 4.98 Å². The lowest BCUT2D eigenvalue weighted by atomic mass is 10.0. The van der Waals surface area contributed by atoms with E-state index >= 15 is 0 Å². The molecule has 3 heteroatoms. The highest BCUT2D eigenvalue weighted by atomic mass is 15.0. The van der Waals surface area contributed by atoms with Crippen molar-refractivity contribution in [2.24, 2.45) is 0 Å². The third-order valence-corrected chi connectivity index (χ3v) is 7.86. The Hall–Kier alpha value is -4.63. The van der Waals surface area contributed by atoms with Crippen LogP contribution in [0.1, 0.15) is 24.1 Å². The van der Waals surface area contributed by atoms with Crippen LogP contribution in [-0.4, -0.2) is 14.1 Å². The maximum absolute atomic E-state index is 4.90. The quantitative estimate of drug-likeness (QED) is 0.251. The fourth-order valence-electron chi connectivity index (χ4n) is 6.25. The van der Waals surface area contributed by atoms with E-state index in [-0.39, 0.29) is 0 Å². The minimum absolute atomic E-state index is 0.946. The summed E-state index contributed by atoms with van der Waals surface area (Å²) < 4.78 is 4.84. The van der Waals surface area contributed by atoms with Crippen molar-refractivity contribution < 1.29 is 0 Å². The highest BCUT2D eigenvalue weighted by Crippen LogP contribution is 2.41. The van der Waals surface area contributed by atoms with E-state index < -0.39 is 0 Å². The fraction of sp³-hybridized carbons (Fsp3) is 0.0882. The van der Waals surface area contributed by atoms with Crippen molar-refractivity contribution in [1.82, 2.24) is 14.1 Å². The third-order valence-electron chi connectivity index (χ3n) is 7.86. The average molecular weight is 476 g/mol. The molecular weight excluding hydrogens is 450 g/mol. The molecule has 0 saturated heterocycles. The zero-order valence-corrected chi connectivity index (χ0v) is 20.4. The van der Waals surface area contributed by atoms with Crippen LogP contribution in [0.25, 0.3) is 61.4 Å². The second-order valence-corrected chi connectivity index (χ2v) is 9.91. The van der Waals surface area contributed by atoms with Crippen LogP contribution in [-0.2, 0) is 6.42 Å². The van der Waals surface area contributed by atoms with Crippen LogP contribution in [0.15, 0.2) is 109 Å². The normalized spacial score (nSPS) is 14.6. The second-order valence-electron chi connectivity index (χ2n) is 9.91. The molecule has 0 N–H and O–H groups in total. The van der Waals surface area contributed by atoms with Gasteiger partial charge >= 0.3 is 0 Å². The Balaban J connectivity index is 1.42. The standard InChI is InChI=1S/C34H25N3/c1-3-10-24(11-4-1)36-30-16-8-7-14-27(30)29-22-23(18-19-32(29)36)26-20-21-35-33-28-15-9-17-31(28)37(34(26)33)25-12-5-2-6-13-25/h1-5,7-12,14,16-22H,6,13,15H2. The number of aromatic nitrogens is 3. The first-order valence-corrected chi connectivity index (χ1v) is 13.0. The minimum Gasteiger partial charge on any atom is -0.311 e. The van der Waals surface area contributed by atoms with Gasteiger partial charge in [-0.15, -0.1) is 0 Å². The molecule has 3 aromatic carbocycles. The van der Waals surface area contributed by atoms with Gasteiger partial charge in [0.05, 0.1) is 27.8 Å².